The molecular formula is C17H23N5O2. The molecule has 128 valence electrons. The molecule has 1 aliphatic rings. The molecule has 0 spiro atoms. The van der Waals surface area contributed by atoms with Crippen LogP contribution in [0.5, 0.6) is 0 Å². The first-order valence-corrected chi connectivity index (χ1v) is 8.23. The van der Waals surface area contributed by atoms with Gasteiger partial charge in [-0.1, -0.05) is 0 Å². The van der Waals surface area contributed by atoms with E-state index in [0.29, 0.717) is 12.3 Å². The molecule has 7 heteroatoms. The van der Waals surface area contributed by atoms with Gasteiger partial charge in [0.15, 0.2) is 5.76 Å². The zero-order valence-electron chi connectivity index (χ0n) is 14.2. The molecule has 0 bridgehead atoms. The van der Waals surface area contributed by atoms with Crippen LogP contribution in [-0.2, 0) is 0 Å². The number of nitrogens with one attached hydrogen (secondary N) is 1. The number of hydrogen-bond acceptors (Lipinski definition) is 6. The van der Waals surface area contributed by atoms with E-state index in [4.69, 9.17) is 4.42 Å². The van der Waals surface area contributed by atoms with Crippen molar-refractivity contribution in [3.05, 3.63) is 41.7 Å². The normalized spacial score (nSPS) is 15.5. The quantitative estimate of drug-likeness (QED) is 0.889. The molecule has 1 saturated heterocycles. The number of piperazine rings is 1. The second-order valence-electron chi connectivity index (χ2n) is 5.98. The molecular weight excluding hydrogens is 306 g/mol. The average molecular weight is 329 g/mol. The van der Waals surface area contributed by atoms with Crippen LogP contribution in [0, 0.1) is 13.8 Å². The van der Waals surface area contributed by atoms with Crippen LogP contribution in [-0.4, -0.2) is 60.0 Å². The van der Waals surface area contributed by atoms with E-state index < -0.39 is 0 Å². The van der Waals surface area contributed by atoms with Gasteiger partial charge in [-0.05, 0) is 26.0 Å². The molecule has 0 saturated carbocycles. The van der Waals surface area contributed by atoms with Crippen molar-refractivity contribution < 1.29 is 9.21 Å². The minimum absolute atomic E-state index is 0.162. The average Bonchev–Trinajstić information content (AvgIpc) is 3.09. The van der Waals surface area contributed by atoms with Gasteiger partial charge in [-0.3, -0.25) is 9.69 Å². The van der Waals surface area contributed by atoms with Gasteiger partial charge in [0.2, 0.25) is 0 Å². The van der Waals surface area contributed by atoms with E-state index >= 15 is 0 Å². The smallest absolute Gasteiger partial charge is 0.287 e. The first-order valence-electron chi connectivity index (χ1n) is 8.23. The van der Waals surface area contributed by atoms with Gasteiger partial charge in [0.1, 0.15) is 11.6 Å². The standard InChI is InChI=1S/C17H23N5O2/c1-13-12-16(20-14(2)19-13)22-9-7-21(8-10-22)6-5-18-17(23)15-4-3-11-24-15/h3-4,11-12H,5-10H2,1-2H3,(H,18,23). The lowest BCUT2D eigenvalue weighted by Gasteiger charge is -2.35. The Morgan fingerprint density at radius 1 is 1.25 bits per heavy atom. The Labute approximate surface area is 141 Å². The Kier molecular flexibility index (Phi) is 5.10. The fourth-order valence-electron chi connectivity index (χ4n) is 2.88. The topological polar surface area (TPSA) is 74.5 Å². The molecule has 1 aliphatic heterocycles. The molecule has 0 aliphatic carbocycles. The maximum atomic E-state index is 11.8. The number of aryl methyl sites for hydroxylation is 2. The molecule has 2 aromatic heterocycles. The summed E-state index contributed by atoms with van der Waals surface area (Å²) in [5.74, 6) is 2.01. The van der Waals surface area contributed by atoms with E-state index in [9.17, 15) is 4.79 Å². The Morgan fingerprint density at radius 2 is 2.04 bits per heavy atom. The van der Waals surface area contributed by atoms with Gasteiger partial charge in [-0.25, -0.2) is 9.97 Å². The van der Waals surface area contributed by atoms with E-state index in [1.165, 1.54) is 6.26 Å². The van der Waals surface area contributed by atoms with Gasteiger partial charge in [0, 0.05) is 51.0 Å². The summed E-state index contributed by atoms with van der Waals surface area (Å²) >= 11 is 0. The summed E-state index contributed by atoms with van der Waals surface area (Å²) in [6, 6.07) is 5.41. The number of anilines is 1. The molecule has 1 amide bonds. The molecule has 1 N–H and O–H groups in total. The van der Waals surface area contributed by atoms with Gasteiger partial charge in [0.25, 0.3) is 5.91 Å². The highest BCUT2D eigenvalue weighted by molar-refractivity contribution is 5.91. The summed E-state index contributed by atoms with van der Waals surface area (Å²) in [4.78, 5) is 25.3. The van der Waals surface area contributed by atoms with Gasteiger partial charge in [0.05, 0.1) is 6.26 Å². The number of furan rings is 1. The van der Waals surface area contributed by atoms with Gasteiger partial charge < -0.3 is 14.6 Å². The van der Waals surface area contributed by atoms with Crippen LogP contribution < -0.4 is 10.2 Å². The molecule has 1 fully saturated rings. The number of aromatic nitrogens is 2. The number of carbonyl (C=O) groups is 1. The Bertz CT molecular complexity index is 658. The summed E-state index contributed by atoms with van der Waals surface area (Å²) in [7, 11) is 0. The van der Waals surface area contributed by atoms with Crippen molar-refractivity contribution in [1.82, 2.24) is 20.2 Å². The maximum absolute atomic E-state index is 11.8. The number of amides is 1. The van der Waals surface area contributed by atoms with Crippen LogP contribution in [0.15, 0.2) is 28.9 Å². The summed E-state index contributed by atoms with van der Waals surface area (Å²) in [5, 5.41) is 2.88. The van der Waals surface area contributed by atoms with Crippen molar-refractivity contribution in [3.63, 3.8) is 0 Å². The predicted molar refractivity (Wildman–Crippen MR) is 91.2 cm³/mol. The van der Waals surface area contributed by atoms with Crippen molar-refractivity contribution in [3.8, 4) is 0 Å². The molecule has 7 nitrogen and oxygen atoms in total. The first kappa shape index (κ1) is 16.4. The number of carbonyl (C=O) groups excluding carboxylic acids is 1. The fourth-order valence-corrected chi connectivity index (χ4v) is 2.88. The van der Waals surface area contributed by atoms with Crippen molar-refractivity contribution in [2.75, 3.05) is 44.2 Å². The molecule has 24 heavy (non-hydrogen) atoms. The molecule has 3 rings (SSSR count). The maximum Gasteiger partial charge on any atom is 0.287 e. The van der Waals surface area contributed by atoms with Crippen molar-refractivity contribution in [2.45, 2.75) is 13.8 Å². The SMILES string of the molecule is Cc1cc(N2CCN(CCNC(=O)c3ccco3)CC2)nc(C)n1. The highest BCUT2D eigenvalue weighted by Crippen LogP contribution is 2.14. The zero-order chi connectivity index (χ0) is 16.9. The lowest BCUT2D eigenvalue weighted by atomic mass is 10.3. The predicted octanol–water partition coefficient (Wildman–Crippen LogP) is 1.24. The number of rotatable bonds is 5. The van der Waals surface area contributed by atoms with Crippen molar-refractivity contribution in [2.24, 2.45) is 0 Å². The molecule has 0 radical (unpaired) electrons. The van der Waals surface area contributed by atoms with Gasteiger partial charge in [-0.2, -0.15) is 0 Å². The van der Waals surface area contributed by atoms with E-state index in [1.54, 1.807) is 12.1 Å². The fraction of sp³-hybridized carbons (Fsp3) is 0.471. The molecule has 0 atom stereocenters. The third kappa shape index (κ3) is 4.11. The van der Waals surface area contributed by atoms with Crippen LogP contribution in [0.4, 0.5) is 5.82 Å². The summed E-state index contributed by atoms with van der Waals surface area (Å²) < 4.78 is 5.08. The van der Waals surface area contributed by atoms with Crippen molar-refractivity contribution >= 4 is 11.7 Å². The number of nitrogens with zero attached hydrogens (tertiary/aromatic N) is 4. The van der Waals surface area contributed by atoms with Gasteiger partial charge in [-0.15, -0.1) is 0 Å². The summed E-state index contributed by atoms with van der Waals surface area (Å²) in [5.41, 5.74) is 1.00. The summed E-state index contributed by atoms with van der Waals surface area (Å²) in [6.07, 6.45) is 1.50. The highest BCUT2D eigenvalue weighted by Gasteiger charge is 2.18. The van der Waals surface area contributed by atoms with Crippen LogP contribution >= 0.6 is 0 Å². The van der Waals surface area contributed by atoms with Gasteiger partial charge >= 0.3 is 0 Å². The monoisotopic (exact) mass is 329 g/mol. The summed E-state index contributed by atoms with van der Waals surface area (Å²) in [6.45, 7) is 9.15. The molecule has 2 aromatic rings. The minimum atomic E-state index is -0.162. The second kappa shape index (κ2) is 7.44. The lowest BCUT2D eigenvalue weighted by molar-refractivity contribution is 0.0920. The van der Waals surface area contributed by atoms with E-state index in [-0.39, 0.29) is 5.91 Å². The van der Waals surface area contributed by atoms with Crippen LogP contribution in [0.1, 0.15) is 22.1 Å². The highest BCUT2D eigenvalue weighted by atomic mass is 16.3. The lowest BCUT2D eigenvalue weighted by Crippen LogP contribution is -2.48. The van der Waals surface area contributed by atoms with Crippen molar-refractivity contribution in [1.29, 1.82) is 0 Å². The largest absolute Gasteiger partial charge is 0.459 e. The van der Waals surface area contributed by atoms with Crippen LogP contribution in [0.25, 0.3) is 0 Å². The minimum Gasteiger partial charge on any atom is -0.459 e. The third-order valence-corrected chi connectivity index (χ3v) is 4.11. The molecule has 0 aromatic carbocycles. The van der Waals surface area contributed by atoms with E-state index in [2.05, 4.69) is 25.1 Å². The molecule has 3 heterocycles. The Morgan fingerprint density at radius 3 is 2.71 bits per heavy atom. The third-order valence-electron chi connectivity index (χ3n) is 4.11. The Balaban J connectivity index is 1.43. The number of hydrogen-bond donors (Lipinski definition) is 1. The first-order chi connectivity index (χ1) is 11.6. The Hall–Kier alpha value is -2.41. The van der Waals surface area contributed by atoms with Crippen LogP contribution in [0.2, 0.25) is 0 Å². The van der Waals surface area contributed by atoms with E-state index in [1.807, 2.05) is 19.9 Å². The van der Waals surface area contributed by atoms with E-state index in [0.717, 1.165) is 50.1 Å². The second-order valence-corrected chi connectivity index (χ2v) is 5.98. The van der Waals surface area contributed by atoms with Crippen LogP contribution in [0.3, 0.4) is 0 Å². The zero-order valence-corrected chi connectivity index (χ0v) is 14.2. The molecule has 0 unspecified atom stereocenters.